The highest BCUT2D eigenvalue weighted by Gasteiger charge is 2.36. The van der Waals surface area contributed by atoms with Crippen molar-refractivity contribution in [2.24, 2.45) is 0 Å². The Morgan fingerprint density at radius 2 is 1.95 bits per heavy atom. The summed E-state index contributed by atoms with van der Waals surface area (Å²) in [4.78, 5) is 2.48. The summed E-state index contributed by atoms with van der Waals surface area (Å²) < 4.78 is 5.94. The monoisotopic (exact) mass is 275 g/mol. The third kappa shape index (κ3) is 2.50. The largest absolute Gasteiger partial charge is 0.386 e. The van der Waals surface area contributed by atoms with E-state index in [9.17, 15) is 5.11 Å². The second kappa shape index (κ2) is 5.47. The molecule has 1 aromatic rings. The molecule has 1 N–H and O–H groups in total. The normalized spacial score (nSPS) is 28.4. The number of morpholine rings is 1. The van der Waals surface area contributed by atoms with Crippen LogP contribution in [0.1, 0.15) is 41.2 Å². The molecular formula is C17H25NO2. The van der Waals surface area contributed by atoms with Gasteiger partial charge in [0.05, 0.1) is 6.61 Å². The molecule has 2 fully saturated rings. The van der Waals surface area contributed by atoms with Crippen molar-refractivity contribution in [2.75, 3.05) is 19.7 Å². The molecule has 0 radical (unpaired) electrons. The van der Waals surface area contributed by atoms with Gasteiger partial charge < -0.3 is 9.84 Å². The molecule has 3 unspecified atom stereocenters. The Bertz CT molecular complexity index is 500. The van der Waals surface area contributed by atoms with Crippen LogP contribution in [-0.2, 0) is 4.74 Å². The van der Waals surface area contributed by atoms with Crippen molar-refractivity contribution in [3.63, 3.8) is 0 Å². The summed E-state index contributed by atoms with van der Waals surface area (Å²) in [5.74, 6) is 0. The smallest absolute Gasteiger partial charge is 0.107 e. The van der Waals surface area contributed by atoms with Crippen LogP contribution in [0, 0.1) is 20.8 Å². The minimum absolute atomic E-state index is 0.0924. The Hall–Kier alpha value is -0.900. The van der Waals surface area contributed by atoms with Crippen molar-refractivity contribution in [1.82, 2.24) is 4.90 Å². The molecule has 0 saturated carbocycles. The average Bonchev–Trinajstić information content (AvgIpc) is 2.89. The van der Waals surface area contributed by atoms with Crippen LogP contribution in [0.2, 0.25) is 0 Å². The van der Waals surface area contributed by atoms with Gasteiger partial charge in [-0.3, -0.25) is 4.90 Å². The fourth-order valence-corrected chi connectivity index (χ4v) is 3.54. The Morgan fingerprint density at radius 3 is 2.75 bits per heavy atom. The SMILES string of the molecule is Cc1cc(C)c(C(O)C2CN3CCCC3CO2)cc1C. The molecule has 20 heavy (non-hydrogen) atoms. The maximum Gasteiger partial charge on any atom is 0.107 e. The third-order valence-electron chi connectivity index (χ3n) is 4.97. The van der Waals surface area contributed by atoms with Gasteiger partial charge in [-0.25, -0.2) is 0 Å². The highest BCUT2D eigenvalue weighted by molar-refractivity contribution is 5.38. The maximum atomic E-state index is 10.7. The summed E-state index contributed by atoms with van der Waals surface area (Å²) in [6, 6.07) is 4.86. The summed E-state index contributed by atoms with van der Waals surface area (Å²) in [6.07, 6.45) is 1.89. The van der Waals surface area contributed by atoms with Gasteiger partial charge in [0.2, 0.25) is 0 Å². The van der Waals surface area contributed by atoms with Crippen molar-refractivity contribution in [2.45, 2.75) is 51.9 Å². The minimum atomic E-state index is -0.518. The van der Waals surface area contributed by atoms with Crippen molar-refractivity contribution in [3.8, 4) is 0 Å². The Balaban J connectivity index is 1.78. The fourth-order valence-electron chi connectivity index (χ4n) is 3.54. The van der Waals surface area contributed by atoms with E-state index >= 15 is 0 Å². The zero-order valence-corrected chi connectivity index (χ0v) is 12.7. The topological polar surface area (TPSA) is 32.7 Å². The van der Waals surface area contributed by atoms with E-state index in [0.29, 0.717) is 6.04 Å². The van der Waals surface area contributed by atoms with Crippen LogP contribution in [0.4, 0.5) is 0 Å². The Labute approximate surface area is 121 Å². The predicted molar refractivity (Wildman–Crippen MR) is 79.9 cm³/mol. The molecule has 0 aliphatic carbocycles. The van der Waals surface area contributed by atoms with E-state index in [4.69, 9.17) is 4.74 Å². The van der Waals surface area contributed by atoms with Gasteiger partial charge in [0, 0.05) is 12.6 Å². The molecule has 0 bridgehead atoms. The molecule has 110 valence electrons. The number of hydrogen-bond donors (Lipinski definition) is 1. The van der Waals surface area contributed by atoms with Crippen LogP contribution in [0.15, 0.2) is 12.1 Å². The summed E-state index contributed by atoms with van der Waals surface area (Å²) in [5.41, 5.74) is 4.70. The van der Waals surface area contributed by atoms with Crippen LogP contribution in [0.5, 0.6) is 0 Å². The molecule has 3 heteroatoms. The number of benzene rings is 1. The van der Waals surface area contributed by atoms with Crippen LogP contribution >= 0.6 is 0 Å². The maximum absolute atomic E-state index is 10.7. The third-order valence-corrected chi connectivity index (χ3v) is 4.97. The molecule has 2 saturated heterocycles. The fraction of sp³-hybridized carbons (Fsp3) is 0.647. The number of nitrogens with zero attached hydrogens (tertiary/aromatic N) is 1. The summed E-state index contributed by atoms with van der Waals surface area (Å²) in [6.45, 7) is 9.08. The van der Waals surface area contributed by atoms with Crippen LogP contribution < -0.4 is 0 Å². The molecule has 3 nitrogen and oxygen atoms in total. The molecular weight excluding hydrogens is 250 g/mol. The lowest BCUT2D eigenvalue weighted by atomic mass is 9.94. The summed E-state index contributed by atoms with van der Waals surface area (Å²) >= 11 is 0. The quantitative estimate of drug-likeness (QED) is 0.900. The molecule has 0 spiro atoms. The van der Waals surface area contributed by atoms with E-state index < -0.39 is 6.10 Å². The number of fused-ring (bicyclic) bond motifs is 1. The number of aliphatic hydroxyl groups excluding tert-OH is 1. The highest BCUT2D eigenvalue weighted by Crippen LogP contribution is 2.31. The van der Waals surface area contributed by atoms with Gasteiger partial charge in [0.1, 0.15) is 12.2 Å². The van der Waals surface area contributed by atoms with E-state index in [1.807, 2.05) is 0 Å². The molecule has 2 aliphatic rings. The number of aliphatic hydroxyl groups is 1. The lowest BCUT2D eigenvalue weighted by Crippen LogP contribution is -2.48. The summed E-state index contributed by atoms with van der Waals surface area (Å²) in [5, 5.41) is 10.7. The molecule has 2 aliphatic heterocycles. The number of aryl methyl sites for hydroxylation is 3. The van der Waals surface area contributed by atoms with Gasteiger partial charge >= 0.3 is 0 Å². The lowest BCUT2D eigenvalue weighted by Gasteiger charge is -2.37. The second-order valence-corrected chi connectivity index (χ2v) is 6.40. The van der Waals surface area contributed by atoms with E-state index in [2.05, 4.69) is 37.8 Å². The standard InChI is InChI=1S/C17H25NO2/c1-11-7-13(3)15(8-12(11)2)17(19)16-9-18-6-4-5-14(18)10-20-16/h7-8,14,16-17,19H,4-6,9-10H2,1-3H3. The van der Waals surface area contributed by atoms with E-state index in [1.54, 1.807) is 0 Å². The van der Waals surface area contributed by atoms with E-state index in [1.165, 1.54) is 24.0 Å². The molecule has 0 aromatic heterocycles. The first-order valence-electron chi connectivity index (χ1n) is 7.67. The van der Waals surface area contributed by atoms with E-state index in [0.717, 1.165) is 30.8 Å². The molecule has 1 aromatic carbocycles. The van der Waals surface area contributed by atoms with Gasteiger partial charge in [0.15, 0.2) is 0 Å². The second-order valence-electron chi connectivity index (χ2n) is 6.40. The summed E-state index contributed by atoms with van der Waals surface area (Å²) in [7, 11) is 0. The lowest BCUT2D eigenvalue weighted by molar-refractivity contribution is -0.104. The first kappa shape index (κ1) is 14.1. The first-order chi connectivity index (χ1) is 9.56. The minimum Gasteiger partial charge on any atom is -0.386 e. The van der Waals surface area contributed by atoms with Crippen LogP contribution in [0.3, 0.4) is 0 Å². The zero-order valence-electron chi connectivity index (χ0n) is 12.7. The number of rotatable bonds is 2. The van der Waals surface area contributed by atoms with Crippen molar-refractivity contribution in [1.29, 1.82) is 0 Å². The van der Waals surface area contributed by atoms with Crippen molar-refractivity contribution >= 4 is 0 Å². The highest BCUT2D eigenvalue weighted by atomic mass is 16.5. The van der Waals surface area contributed by atoms with Crippen molar-refractivity contribution < 1.29 is 9.84 Å². The van der Waals surface area contributed by atoms with Crippen molar-refractivity contribution in [3.05, 3.63) is 34.4 Å². The molecule has 3 rings (SSSR count). The van der Waals surface area contributed by atoms with E-state index in [-0.39, 0.29) is 6.10 Å². The zero-order chi connectivity index (χ0) is 14.3. The number of ether oxygens (including phenoxy) is 1. The predicted octanol–water partition coefficient (Wildman–Crippen LogP) is 2.51. The van der Waals surface area contributed by atoms with Gasteiger partial charge in [0.25, 0.3) is 0 Å². The molecule has 3 atom stereocenters. The first-order valence-corrected chi connectivity index (χ1v) is 7.67. The van der Waals surface area contributed by atoms with Gasteiger partial charge in [-0.15, -0.1) is 0 Å². The van der Waals surface area contributed by atoms with Crippen LogP contribution in [0.25, 0.3) is 0 Å². The molecule has 2 heterocycles. The Morgan fingerprint density at radius 1 is 1.20 bits per heavy atom. The van der Waals surface area contributed by atoms with Gasteiger partial charge in [-0.2, -0.15) is 0 Å². The average molecular weight is 275 g/mol. The van der Waals surface area contributed by atoms with Crippen LogP contribution in [-0.4, -0.2) is 41.8 Å². The van der Waals surface area contributed by atoms with Gasteiger partial charge in [-0.05, 0) is 62.4 Å². The molecule has 0 amide bonds. The number of hydrogen-bond acceptors (Lipinski definition) is 3. The van der Waals surface area contributed by atoms with Gasteiger partial charge in [-0.1, -0.05) is 12.1 Å². The Kier molecular flexibility index (Phi) is 3.85.